The van der Waals surface area contributed by atoms with Crippen molar-refractivity contribution in [3.63, 3.8) is 0 Å². The van der Waals surface area contributed by atoms with E-state index in [1.54, 1.807) is 0 Å². The minimum atomic E-state index is -0.486. The van der Waals surface area contributed by atoms with E-state index in [4.69, 9.17) is 5.73 Å². The Balaban J connectivity index is 3.13. The zero-order valence-electron chi connectivity index (χ0n) is 10.9. The van der Waals surface area contributed by atoms with Gasteiger partial charge >= 0.3 is 0 Å². The number of aliphatic hydroxyl groups excluding tert-OH is 1. The van der Waals surface area contributed by atoms with Crippen LogP contribution in [0.4, 0.5) is 0 Å². The lowest BCUT2D eigenvalue weighted by Gasteiger charge is -2.25. The van der Waals surface area contributed by atoms with Gasteiger partial charge in [-0.25, -0.2) is 0 Å². The Morgan fingerprint density at radius 3 is 1.88 bits per heavy atom. The van der Waals surface area contributed by atoms with Crippen LogP contribution in [0.2, 0.25) is 0 Å². The van der Waals surface area contributed by atoms with Crippen molar-refractivity contribution in [3.8, 4) is 0 Å². The van der Waals surface area contributed by atoms with Crippen molar-refractivity contribution in [1.82, 2.24) is 0 Å². The van der Waals surface area contributed by atoms with Crippen molar-refractivity contribution in [2.24, 2.45) is 11.7 Å². The van der Waals surface area contributed by atoms with Crippen LogP contribution in [0.15, 0.2) is 12.1 Å². The first kappa shape index (κ1) is 13.2. The maximum atomic E-state index is 10.0. The van der Waals surface area contributed by atoms with Crippen molar-refractivity contribution in [3.05, 3.63) is 34.4 Å². The Bertz CT molecular complexity index is 348. The molecule has 0 fully saturated rings. The van der Waals surface area contributed by atoms with Crippen LogP contribution in [-0.4, -0.2) is 11.2 Å². The number of aliphatic hydroxyl groups is 1. The number of nitrogens with two attached hydrogens (primary N) is 1. The zero-order valence-corrected chi connectivity index (χ0v) is 10.9. The van der Waals surface area contributed by atoms with Crippen LogP contribution in [0.25, 0.3) is 0 Å². The van der Waals surface area contributed by atoms with Crippen LogP contribution in [0.1, 0.15) is 42.1 Å². The maximum Gasteiger partial charge on any atom is 0.0755 e. The summed E-state index contributed by atoms with van der Waals surface area (Å²) in [7, 11) is 0. The first-order valence-corrected chi connectivity index (χ1v) is 5.86. The fourth-order valence-electron chi connectivity index (χ4n) is 2.30. The molecular weight excluding hydrogens is 198 g/mol. The topological polar surface area (TPSA) is 46.2 Å². The summed E-state index contributed by atoms with van der Waals surface area (Å²) in [5.41, 5.74) is 10.8. The lowest BCUT2D eigenvalue weighted by Crippen LogP contribution is -2.31. The molecule has 0 aliphatic heterocycles. The fourth-order valence-corrected chi connectivity index (χ4v) is 2.30. The molecule has 0 saturated carbocycles. The SMILES string of the molecule is Cc1cc(C)c([C@@H](N)[C@@H](O)C(C)C)c(C)c1. The first-order valence-electron chi connectivity index (χ1n) is 5.86. The van der Waals surface area contributed by atoms with Crippen LogP contribution < -0.4 is 5.73 Å². The Morgan fingerprint density at radius 1 is 1.06 bits per heavy atom. The summed E-state index contributed by atoms with van der Waals surface area (Å²) in [6.07, 6.45) is -0.486. The highest BCUT2D eigenvalue weighted by Gasteiger charge is 2.22. The molecule has 0 amide bonds. The normalized spacial score (nSPS) is 15.2. The molecule has 0 spiro atoms. The number of hydrogen-bond acceptors (Lipinski definition) is 2. The summed E-state index contributed by atoms with van der Waals surface area (Å²) >= 11 is 0. The fraction of sp³-hybridized carbons (Fsp3) is 0.571. The van der Waals surface area contributed by atoms with E-state index >= 15 is 0 Å². The number of hydrogen-bond donors (Lipinski definition) is 2. The third-order valence-electron chi connectivity index (χ3n) is 3.12. The van der Waals surface area contributed by atoms with Gasteiger partial charge in [-0.15, -0.1) is 0 Å². The molecule has 1 rings (SSSR count). The second kappa shape index (κ2) is 4.98. The van der Waals surface area contributed by atoms with Gasteiger partial charge in [0, 0.05) is 0 Å². The van der Waals surface area contributed by atoms with Crippen molar-refractivity contribution >= 4 is 0 Å². The van der Waals surface area contributed by atoms with E-state index in [9.17, 15) is 5.11 Å². The van der Waals surface area contributed by atoms with E-state index in [1.807, 2.05) is 13.8 Å². The van der Waals surface area contributed by atoms with Gasteiger partial charge in [0.05, 0.1) is 12.1 Å². The third kappa shape index (κ3) is 2.63. The molecule has 0 bridgehead atoms. The van der Waals surface area contributed by atoms with Gasteiger partial charge in [-0.05, 0) is 43.4 Å². The standard InChI is InChI=1S/C14H23NO/c1-8(2)14(16)13(15)12-10(4)6-9(3)7-11(12)5/h6-8,13-14,16H,15H2,1-5H3/t13-,14+/m1/s1. The molecule has 0 heterocycles. The first-order chi connectivity index (χ1) is 7.34. The van der Waals surface area contributed by atoms with Gasteiger partial charge in [-0.3, -0.25) is 0 Å². The molecule has 1 aromatic carbocycles. The lowest BCUT2D eigenvalue weighted by molar-refractivity contribution is 0.0975. The number of rotatable bonds is 3. The van der Waals surface area contributed by atoms with Gasteiger partial charge in [-0.1, -0.05) is 31.5 Å². The summed E-state index contributed by atoms with van der Waals surface area (Å²) in [5.74, 6) is 0.176. The molecule has 16 heavy (non-hydrogen) atoms. The minimum absolute atomic E-state index is 0.176. The predicted octanol–water partition coefficient (Wildman–Crippen LogP) is 2.63. The molecule has 2 heteroatoms. The molecule has 1 aromatic rings. The second-order valence-corrected chi connectivity index (χ2v) is 5.07. The van der Waals surface area contributed by atoms with E-state index < -0.39 is 6.10 Å². The van der Waals surface area contributed by atoms with E-state index in [-0.39, 0.29) is 12.0 Å². The summed E-state index contributed by atoms with van der Waals surface area (Å²) in [6, 6.07) is 3.95. The molecule has 0 unspecified atom stereocenters. The number of aryl methyl sites for hydroxylation is 3. The Hall–Kier alpha value is -0.860. The molecular formula is C14H23NO. The Morgan fingerprint density at radius 2 is 1.50 bits per heavy atom. The molecule has 90 valence electrons. The molecule has 0 aliphatic carbocycles. The van der Waals surface area contributed by atoms with Crippen molar-refractivity contribution in [1.29, 1.82) is 0 Å². The van der Waals surface area contributed by atoms with E-state index in [1.165, 1.54) is 16.7 Å². The van der Waals surface area contributed by atoms with Crippen LogP contribution in [0, 0.1) is 26.7 Å². The number of benzene rings is 1. The molecule has 0 aliphatic rings. The van der Waals surface area contributed by atoms with Crippen LogP contribution in [-0.2, 0) is 0 Å². The van der Waals surface area contributed by atoms with Crippen molar-refractivity contribution in [2.75, 3.05) is 0 Å². The predicted molar refractivity (Wildman–Crippen MR) is 68.4 cm³/mol. The van der Waals surface area contributed by atoms with Crippen molar-refractivity contribution in [2.45, 2.75) is 46.8 Å². The molecule has 0 saturated heterocycles. The van der Waals surface area contributed by atoms with Gasteiger partial charge in [0.1, 0.15) is 0 Å². The summed E-state index contributed by atoms with van der Waals surface area (Å²) in [5, 5.41) is 10.0. The summed E-state index contributed by atoms with van der Waals surface area (Å²) in [6.45, 7) is 10.2. The smallest absolute Gasteiger partial charge is 0.0755 e. The highest BCUT2D eigenvalue weighted by atomic mass is 16.3. The Labute approximate surface area is 98.5 Å². The van der Waals surface area contributed by atoms with Gasteiger partial charge in [0.15, 0.2) is 0 Å². The lowest BCUT2D eigenvalue weighted by atomic mass is 9.88. The molecule has 0 radical (unpaired) electrons. The zero-order chi connectivity index (χ0) is 12.5. The highest BCUT2D eigenvalue weighted by molar-refractivity contribution is 5.40. The Kier molecular flexibility index (Phi) is 4.11. The summed E-state index contributed by atoms with van der Waals surface area (Å²) in [4.78, 5) is 0. The van der Waals surface area contributed by atoms with E-state index in [0.29, 0.717) is 0 Å². The quantitative estimate of drug-likeness (QED) is 0.824. The minimum Gasteiger partial charge on any atom is -0.391 e. The second-order valence-electron chi connectivity index (χ2n) is 5.07. The largest absolute Gasteiger partial charge is 0.391 e. The average molecular weight is 221 g/mol. The van der Waals surface area contributed by atoms with E-state index in [2.05, 4.69) is 32.9 Å². The van der Waals surface area contributed by atoms with Gasteiger partial charge < -0.3 is 10.8 Å². The molecule has 2 nitrogen and oxygen atoms in total. The van der Waals surface area contributed by atoms with Gasteiger partial charge in [-0.2, -0.15) is 0 Å². The maximum absolute atomic E-state index is 10.0. The molecule has 2 atom stereocenters. The molecule has 0 aromatic heterocycles. The molecule has 3 N–H and O–H groups in total. The van der Waals surface area contributed by atoms with Gasteiger partial charge in [0.2, 0.25) is 0 Å². The average Bonchev–Trinajstić information content (AvgIpc) is 2.14. The van der Waals surface area contributed by atoms with Gasteiger partial charge in [0.25, 0.3) is 0 Å². The van der Waals surface area contributed by atoms with Crippen LogP contribution >= 0.6 is 0 Å². The van der Waals surface area contributed by atoms with Crippen LogP contribution in [0.5, 0.6) is 0 Å². The highest BCUT2D eigenvalue weighted by Crippen LogP contribution is 2.26. The van der Waals surface area contributed by atoms with Crippen molar-refractivity contribution < 1.29 is 5.11 Å². The van der Waals surface area contributed by atoms with E-state index in [0.717, 1.165) is 5.56 Å². The third-order valence-corrected chi connectivity index (χ3v) is 3.12. The monoisotopic (exact) mass is 221 g/mol. The summed E-state index contributed by atoms with van der Waals surface area (Å²) < 4.78 is 0. The van der Waals surface area contributed by atoms with Crippen LogP contribution in [0.3, 0.4) is 0 Å².